The Balaban J connectivity index is 1.04. The predicted octanol–water partition coefficient (Wildman–Crippen LogP) is 8.15. The molecule has 0 aromatic carbocycles. The normalized spacial score (nSPS) is 36.5. The highest BCUT2D eigenvalue weighted by Gasteiger charge is 2.28. The summed E-state index contributed by atoms with van der Waals surface area (Å²) in [5, 5.41) is 0. The van der Waals surface area contributed by atoms with Gasteiger partial charge in [-0.1, -0.05) is 116 Å². The van der Waals surface area contributed by atoms with Gasteiger partial charge in [0.25, 0.3) is 0 Å². The molecule has 25 heavy (non-hydrogen) atoms. The minimum absolute atomic E-state index is 1.11. The van der Waals surface area contributed by atoms with Crippen molar-refractivity contribution in [2.75, 3.05) is 0 Å². The topological polar surface area (TPSA) is 0 Å². The van der Waals surface area contributed by atoms with E-state index in [1.54, 1.807) is 122 Å². The van der Waals surface area contributed by atoms with Crippen LogP contribution in [0.5, 0.6) is 0 Å². The van der Waals surface area contributed by atoms with E-state index in [1.165, 1.54) is 0 Å². The van der Waals surface area contributed by atoms with Crippen molar-refractivity contribution in [2.24, 2.45) is 35.5 Å². The van der Waals surface area contributed by atoms with Crippen molar-refractivity contribution < 1.29 is 0 Å². The second kappa shape index (κ2) is 9.27. The van der Waals surface area contributed by atoms with Gasteiger partial charge in [-0.15, -0.1) is 0 Å². The van der Waals surface area contributed by atoms with Gasteiger partial charge in [0.1, 0.15) is 0 Å². The number of rotatable bonds is 10. The van der Waals surface area contributed by atoms with E-state index in [9.17, 15) is 0 Å². The highest BCUT2D eigenvalue weighted by molar-refractivity contribution is 4.80. The van der Waals surface area contributed by atoms with E-state index < -0.39 is 0 Å². The molecule has 0 amide bonds. The van der Waals surface area contributed by atoms with E-state index >= 15 is 0 Å². The van der Waals surface area contributed by atoms with Crippen LogP contribution in [0.15, 0.2) is 0 Å². The lowest BCUT2D eigenvalue weighted by atomic mass is 9.72. The van der Waals surface area contributed by atoms with Gasteiger partial charge in [0.05, 0.1) is 0 Å². The molecule has 4 rings (SSSR count). The Bertz CT molecular complexity index is 325. The Morgan fingerprint density at radius 3 is 0.840 bits per heavy atom. The molecule has 0 spiro atoms. The Morgan fingerprint density at radius 1 is 0.320 bits per heavy atom. The second-order valence-electron chi connectivity index (χ2n) is 10.8. The summed E-state index contributed by atoms with van der Waals surface area (Å²) in [5.41, 5.74) is 0. The van der Waals surface area contributed by atoms with E-state index in [2.05, 4.69) is 0 Å². The molecule has 4 fully saturated rings. The molecule has 0 atom stereocenters. The molecular weight excluding hydrogens is 300 g/mol. The fourth-order valence-corrected chi connectivity index (χ4v) is 6.19. The molecule has 0 saturated heterocycles. The zero-order valence-electron chi connectivity index (χ0n) is 16.9. The maximum Gasteiger partial charge on any atom is -0.0411 e. The predicted molar refractivity (Wildman–Crippen MR) is 109 cm³/mol. The molecule has 0 radical (unpaired) electrons. The molecule has 0 heteroatoms. The van der Waals surface area contributed by atoms with Crippen LogP contribution in [0.2, 0.25) is 0 Å². The first-order valence-corrected chi connectivity index (χ1v) is 12.3. The lowest BCUT2D eigenvalue weighted by Gasteiger charge is -2.34. The van der Waals surface area contributed by atoms with Crippen molar-refractivity contribution in [3.63, 3.8) is 0 Å². The largest absolute Gasteiger partial charge is 0.0528 e. The zero-order chi connectivity index (χ0) is 16.9. The van der Waals surface area contributed by atoms with Crippen molar-refractivity contribution in [3.8, 4) is 0 Å². The van der Waals surface area contributed by atoms with Crippen molar-refractivity contribution >= 4 is 0 Å². The molecular formula is C25H44. The lowest BCUT2D eigenvalue weighted by Crippen LogP contribution is -2.21. The van der Waals surface area contributed by atoms with Gasteiger partial charge in [-0.05, 0) is 41.9 Å². The summed E-state index contributed by atoms with van der Waals surface area (Å²) >= 11 is 0. The lowest BCUT2D eigenvalue weighted by molar-refractivity contribution is 0.182. The zero-order valence-corrected chi connectivity index (χ0v) is 16.9. The Labute approximate surface area is 157 Å². The third kappa shape index (κ3) is 6.59. The average Bonchev–Trinajstić information content (AvgIpc) is 3.53. The van der Waals surface area contributed by atoms with Crippen LogP contribution in [0.1, 0.15) is 122 Å². The van der Waals surface area contributed by atoms with E-state index in [0.29, 0.717) is 0 Å². The van der Waals surface area contributed by atoms with Gasteiger partial charge in [0.15, 0.2) is 0 Å². The SMILES string of the molecule is C(CC1CC1)CC1CCC(CC2CCC(CCCC3CC3)CC2)CC1. The average molecular weight is 345 g/mol. The highest BCUT2D eigenvalue weighted by atomic mass is 14.3. The Morgan fingerprint density at radius 2 is 0.560 bits per heavy atom. The molecule has 0 N–H and O–H groups in total. The summed E-state index contributed by atoms with van der Waals surface area (Å²) in [4.78, 5) is 0. The van der Waals surface area contributed by atoms with Crippen molar-refractivity contribution in [1.82, 2.24) is 0 Å². The van der Waals surface area contributed by atoms with Gasteiger partial charge < -0.3 is 0 Å². The standard InChI is InChI=1S/C25H44/c1(3-20-7-8-20)5-22-11-15-24(16-12-22)19-25-17-13-23(14-18-25)6-2-4-21-9-10-21/h20-25H,1-19H2. The minimum atomic E-state index is 1.11. The summed E-state index contributed by atoms with van der Waals surface area (Å²) in [5.74, 6) is 6.74. The molecule has 0 bridgehead atoms. The van der Waals surface area contributed by atoms with Gasteiger partial charge in [-0.3, -0.25) is 0 Å². The van der Waals surface area contributed by atoms with Crippen LogP contribution in [0, 0.1) is 35.5 Å². The fourth-order valence-electron chi connectivity index (χ4n) is 6.19. The van der Waals surface area contributed by atoms with E-state index in [1.807, 2.05) is 0 Å². The van der Waals surface area contributed by atoms with Crippen LogP contribution in [-0.2, 0) is 0 Å². The van der Waals surface area contributed by atoms with Gasteiger partial charge in [0, 0.05) is 0 Å². The Hall–Kier alpha value is 0. The molecule has 0 nitrogen and oxygen atoms in total. The smallest absolute Gasteiger partial charge is 0.0411 e. The van der Waals surface area contributed by atoms with Crippen LogP contribution in [0.3, 0.4) is 0 Å². The molecule has 0 heterocycles. The molecule has 4 aliphatic carbocycles. The molecule has 0 unspecified atom stereocenters. The third-order valence-corrected chi connectivity index (χ3v) is 8.44. The third-order valence-electron chi connectivity index (χ3n) is 8.44. The van der Waals surface area contributed by atoms with Crippen LogP contribution in [0.4, 0.5) is 0 Å². The summed E-state index contributed by atoms with van der Waals surface area (Å²) in [6.45, 7) is 0. The monoisotopic (exact) mass is 344 g/mol. The molecule has 144 valence electrons. The van der Waals surface area contributed by atoms with Gasteiger partial charge in [-0.2, -0.15) is 0 Å². The first kappa shape index (κ1) is 18.4. The van der Waals surface area contributed by atoms with Crippen LogP contribution in [0.25, 0.3) is 0 Å². The van der Waals surface area contributed by atoms with Gasteiger partial charge in [0.2, 0.25) is 0 Å². The Kier molecular flexibility index (Phi) is 6.81. The maximum atomic E-state index is 1.60. The van der Waals surface area contributed by atoms with E-state index in [-0.39, 0.29) is 0 Å². The van der Waals surface area contributed by atoms with Crippen LogP contribution in [-0.4, -0.2) is 0 Å². The van der Waals surface area contributed by atoms with Crippen molar-refractivity contribution in [2.45, 2.75) is 122 Å². The highest BCUT2D eigenvalue weighted by Crippen LogP contribution is 2.42. The number of hydrogen-bond donors (Lipinski definition) is 0. The molecule has 4 saturated carbocycles. The van der Waals surface area contributed by atoms with Crippen LogP contribution < -0.4 is 0 Å². The molecule has 0 aromatic rings. The fraction of sp³-hybridized carbons (Fsp3) is 1.00. The summed E-state index contributed by atoms with van der Waals surface area (Å²) in [6.07, 6.45) is 29.8. The van der Waals surface area contributed by atoms with Gasteiger partial charge >= 0.3 is 0 Å². The quantitative estimate of drug-likeness (QED) is 0.375. The van der Waals surface area contributed by atoms with Crippen LogP contribution >= 0.6 is 0 Å². The first-order chi connectivity index (χ1) is 12.3. The van der Waals surface area contributed by atoms with Crippen molar-refractivity contribution in [3.05, 3.63) is 0 Å². The second-order valence-corrected chi connectivity index (χ2v) is 10.8. The maximum absolute atomic E-state index is 1.60. The summed E-state index contributed by atoms with van der Waals surface area (Å²) in [7, 11) is 0. The summed E-state index contributed by atoms with van der Waals surface area (Å²) < 4.78 is 0. The molecule has 0 aliphatic heterocycles. The molecule has 4 aliphatic rings. The minimum Gasteiger partial charge on any atom is -0.0528 e. The number of hydrogen-bond acceptors (Lipinski definition) is 0. The van der Waals surface area contributed by atoms with Gasteiger partial charge in [-0.25, -0.2) is 0 Å². The summed E-state index contributed by atoms with van der Waals surface area (Å²) in [6, 6.07) is 0. The van der Waals surface area contributed by atoms with E-state index in [0.717, 1.165) is 35.5 Å². The molecule has 0 aromatic heterocycles. The first-order valence-electron chi connectivity index (χ1n) is 12.3. The van der Waals surface area contributed by atoms with E-state index in [4.69, 9.17) is 0 Å². The van der Waals surface area contributed by atoms with Crippen molar-refractivity contribution in [1.29, 1.82) is 0 Å².